The molecule has 0 unspecified atom stereocenters. The summed E-state index contributed by atoms with van der Waals surface area (Å²) in [5.41, 5.74) is 5.90. The van der Waals surface area contributed by atoms with Gasteiger partial charge in [-0.1, -0.05) is 19.8 Å². The monoisotopic (exact) mass is 281 g/mol. The van der Waals surface area contributed by atoms with Crippen LogP contribution in [0.15, 0.2) is 0 Å². The van der Waals surface area contributed by atoms with E-state index in [0.29, 0.717) is 11.5 Å². The summed E-state index contributed by atoms with van der Waals surface area (Å²) in [4.78, 5) is 20.8. The molecule has 7 nitrogen and oxygen atoms in total. The molecule has 0 amide bonds. The van der Waals surface area contributed by atoms with Crippen LogP contribution in [0.4, 0.5) is 17.5 Å². The number of anilines is 2. The predicted molar refractivity (Wildman–Crippen MR) is 79.8 cm³/mol. The lowest BCUT2D eigenvalue weighted by Crippen LogP contribution is -2.33. The molecule has 0 atom stereocenters. The van der Waals surface area contributed by atoms with E-state index in [2.05, 4.69) is 16.9 Å². The van der Waals surface area contributed by atoms with Crippen LogP contribution >= 0.6 is 0 Å². The van der Waals surface area contributed by atoms with Crippen molar-refractivity contribution in [2.24, 2.45) is 0 Å². The Bertz CT molecular complexity index is 476. The fourth-order valence-electron chi connectivity index (χ4n) is 2.13. The third-order valence-electron chi connectivity index (χ3n) is 3.14. The molecule has 0 radical (unpaired) electrons. The maximum atomic E-state index is 11.3. The molecule has 0 aromatic carbocycles. The summed E-state index contributed by atoms with van der Waals surface area (Å²) in [7, 11) is 0. The van der Waals surface area contributed by atoms with Gasteiger partial charge in [-0.05, 0) is 27.2 Å². The van der Waals surface area contributed by atoms with Crippen molar-refractivity contribution in [3.05, 3.63) is 15.8 Å². The highest BCUT2D eigenvalue weighted by Crippen LogP contribution is 2.30. The molecular formula is C13H23N5O2. The first kappa shape index (κ1) is 16.1. The lowest BCUT2D eigenvalue weighted by molar-refractivity contribution is -0.385. The molecule has 112 valence electrons. The molecular weight excluding hydrogens is 258 g/mol. The highest BCUT2D eigenvalue weighted by Gasteiger charge is 2.27. The van der Waals surface area contributed by atoms with E-state index in [1.807, 2.05) is 18.7 Å². The second kappa shape index (κ2) is 7.02. The molecule has 1 rings (SSSR count). The molecule has 0 saturated carbocycles. The van der Waals surface area contributed by atoms with E-state index in [4.69, 9.17) is 5.73 Å². The summed E-state index contributed by atoms with van der Waals surface area (Å²) in [6.45, 7) is 8.41. The highest BCUT2D eigenvalue weighted by molar-refractivity contribution is 5.62. The Balaban J connectivity index is 3.21. The van der Waals surface area contributed by atoms with Gasteiger partial charge in [0.2, 0.25) is 11.8 Å². The van der Waals surface area contributed by atoms with Crippen LogP contribution in [-0.2, 0) is 0 Å². The van der Waals surface area contributed by atoms with Gasteiger partial charge < -0.3 is 10.6 Å². The van der Waals surface area contributed by atoms with Crippen LogP contribution in [0.25, 0.3) is 0 Å². The average molecular weight is 281 g/mol. The van der Waals surface area contributed by atoms with Gasteiger partial charge in [-0.15, -0.1) is 0 Å². The van der Waals surface area contributed by atoms with Crippen LogP contribution in [0, 0.1) is 17.0 Å². The number of nitrogen functional groups attached to an aromatic ring is 1. The van der Waals surface area contributed by atoms with Gasteiger partial charge in [0, 0.05) is 12.6 Å². The molecule has 1 aromatic rings. The molecule has 2 N–H and O–H groups in total. The van der Waals surface area contributed by atoms with E-state index in [-0.39, 0.29) is 17.7 Å². The minimum Gasteiger partial charge on any atom is -0.368 e. The molecule has 0 aliphatic rings. The minimum absolute atomic E-state index is 0.0515. The summed E-state index contributed by atoms with van der Waals surface area (Å²) in [5.74, 6) is 0.398. The molecule has 0 fully saturated rings. The summed E-state index contributed by atoms with van der Waals surface area (Å²) in [5, 5.41) is 11.3. The smallest absolute Gasteiger partial charge is 0.332 e. The fraction of sp³-hybridized carbons (Fsp3) is 0.692. The summed E-state index contributed by atoms with van der Waals surface area (Å²) in [6, 6.07) is 0.110. The average Bonchev–Trinajstić information content (AvgIpc) is 2.32. The SMILES string of the molecule is CCCCCN(c1nc(N)nc(C)c1[N+](=O)[O-])C(C)C. The van der Waals surface area contributed by atoms with Crippen molar-refractivity contribution in [3.8, 4) is 0 Å². The van der Waals surface area contributed by atoms with Gasteiger partial charge in [0.25, 0.3) is 0 Å². The van der Waals surface area contributed by atoms with Crippen LogP contribution in [-0.4, -0.2) is 27.5 Å². The van der Waals surface area contributed by atoms with E-state index in [0.717, 1.165) is 25.8 Å². The quantitative estimate of drug-likeness (QED) is 0.468. The maximum absolute atomic E-state index is 11.3. The van der Waals surface area contributed by atoms with Crippen LogP contribution in [0.2, 0.25) is 0 Å². The van der Waals surface area contributed by atoms with Gasteiger partial charge in [-0.3, -0.25) is 10.1 Å². The number of aryl methyl sites for hydroxylation is 1. The van der Waals surface area contributed by atoms with E-state index < -0.39 is 4.92 Å². The molecule has 0 aliphatic carbocycles. The second-order valence-corrected chi connectivity index (χ2v) is 5.09. The van der Waals surface area contributed by atoms with Crippen molar-refractivity contribution in [2.45, 2.75) is 53.0 Å². The fourth-order valence-corrected chi connectivity index (χ4v) is 2.13. The van der Waals surface area contributed by atoms with Crippen molar-refractivity contribution < 1.29 is 4.92 Å². The number of hydrogen-bond donors (Lipinski definition) is 1. The lowest BCUT2D eigenvalue weighted by Gasteiger charge is -2.27. The Kier molecular flexibility index (Phi) is 5.66. The van der Waals surface area contributed by atoms with Gasteiger partial charge in [0.15, 0.2) is 0 Å². The van der Waals surface area contributed by atoms with Gasteiger partial charge in [0.1, 0.15) is 5.69 Å². The van der Waals surface area contributed by atoms with E-state index in [9.17, 15) is 10.1 Å². The van der Waals surface area contributed by atoms with Gasteiger partial charge in [-0.2, -0.15) is 4.98 Å². The normalized spacial score (nSPS) is 10.8. The largest absolute Gasteiger partial charge is 0.368 e. The molecule has 0 saturated heterocycles. The lowest BCUT2D eigenvalue weighted by atomic mass is 10.2. The van der Waals surface area contributed by atoms with Gasteiger partial charge >= 0.3 is 5.69 Å². The Morgan fingerprint density at radius 3 is 2.50 bits per heavy atom. The van der Waals surface area contributed by atoms with Crippen LogP contribution < -0.4 is 10.6 Å². The molecule has 0 bridgehead atoms. The number of nitrogens with two attached hydrogens (primary N) is 1. The van der Waals surface area contributed by atoms with Crippen molar-refractivity contribution in [2.75, 3.05) is 17.2 Å². The van der Waals surface area contributed by atoms with Gasteiger partial charge in [-0.25, -0.2) is 4.98 Å². The Morgan fingerprint density at radius 2 is 2.00 bits per heavy atom. The second-order valence-electron chi connectivity index (χ2n) is 5.09. The third-order valence-corrected chi connectivity index (χ3v) is 3.14. The summed E-state index contributed by atoms with van der Waals surface area (Å²) >= 11 is 0. The number of unbranched alkanes of at least 4 members (excludes halogenated alkanes) is 2. The van der Waals surface area contributed by atoms with Crippen LogP contribution in [0.1, 0.15) is 45.7 Å². The first-order chi connectivity index (χ1) is 9.38. The van der Waals surface area contributed by atoms with E-state index >= 15 is 0 Å². The maximum Gasteiger partial charge on any atom is 0.332 e. The number of nitrogens with zero attached hydrogens (tertiary/aromatic N) is 4. The number of hydrogen-bond acceptors (Lipinski definition) is 6. The zero-order valence-corrected chi connectivity index (χ0v) is 12.6. The Hall–Kier alpha value is -1.92. The highest BCUT2D eigenvalue weighted by atomic mass is 16.6. The topological polar surface area (TPSA) is 98.2 Å². The third kappa shape index (κ3) is 3.79. The first-order valence-electron chi connectivity index (χ1n) is 6.93. The molecule has 7 heteroatoms. The zero-order valence-electron chi connectivity index (χ0n) is 12.6. The molecule has 1 aromatic heterocycles. The Labute approximate surface area is 119 Å². The molecule has 1 heterocycles. The molecule has 0 aliphatic heterocycles. The molecule has 20 heavy (non-hydrogen) atoms. The molecule has 0 spiro atoms. The van der Waals surface area contributed by atoms with Gasteiger partial charge in [0.05, 0.1) is 4.92 Å². The first-order valence-corrected chi connectivity index (χ1v) is 6.93. The minimum atomic E-state index is -0.431. The van der Waals surface area contributed by atoms with Crippen LogP contribution in [0.3, 0.4) is 0 Å². The number of nitro groups is 1. The Morgan fingerprint density at radius 1 is 1.35 bits per heavy atom. The van der Waals surface area contributed by atoms with Crippen molar-refractivity contribution in [1.82, 2.24) is 9.97 Å². The van der Waals surface area contributed by atoms with E-state index in [1.54, 1.807) is 6.92 Å². The number of rotatable bonds is 7. The summed E-state index contributed by atoms with van der Waals surface area (Å²) < 4.78 is 0. The van der Waals surface area contributed by atoms with Crippen molar-refractivity contribution in [1.29, 1.82) is 0 Å². The van der Waals surface area contributed by atoms with Crippen molar-refractivity contribution in [3.63, 3.8) is 0 Å². The van der Waals surface area contributed by atoms with Crippen molar-refractivity contribution >= 4 is 17.5 Å². The summed E-state index contributed by atoms with van der Waals surface area (Å²) in [6.07, 6.45) is 3.14. The van der Waals surface area contributed by atoms with Crippen LogP contribution in [0.5, 0.6) is 0 Å². The van der Waals surface area contributed by atoms with E-state index in [1.165, 1.54) is 0 Å². The number of aromatic nitrogens is 2. The zero-order chi connectivity index (χ0) is 15.3. The standard InChI is InChI=1S/C13H23N5O2/c1-5-6-7-8-17(9(2)3)12-11(18(19)20)10(4)15-13(14)16-12/h9H,5-8H2,1-4H3,(H2,14,15,16). The predicted octanol–water partition coefficient (Wildman–Crippen LogP) is 2.68.